The molecule has 0 radical (unpaired) electrons. The first kappa shape index (κ1) is 14.0. The first-order chi connectivity index (χ1) is 9.22. The second kappa shape index (κ2) is 6.69. The Labute approximate surface area is 118 Å². The van der Waals surface area contributed by atoms with Crippen LogP contribution >= 0.6 is 11.6 Å². The third kappa shape index (κ3) is 3.55. The Morgan fingerprint density at radius 1 is 1.11 bits per heavy atom. The van der Waals surface area contributed by atoms with Gasteiger partial charge in [0.05, 0.1) is 6.04 Å². The highest BCUT2D eigenvalue weighted by atomic mass is 35.5. The molecule has 100 valence electrons. The van der Waals surface area contributed by atoms with E-state index in [0.29, 0.717) is 0 Å². The molecule has 0 aromatic heterocycles. The number of hydrogen-bond donors (Lipinski definition) is 1. The van der Waals surface area contributed by atoms with Gasteiger partial charge in [-0.1, -0.05) is 48.9 Å². The van der Waals surface area contributed by atoms with E-state index in [2.05, 4.69) is 12.2 Å². The lowest BCUT2D eigenvalue weighted by Gasteiger charge is -2.20. The van der Waals surface area contributed by atoms with Gasteiger partial charge >= 0.3 is 0 Å². The molecule has 1 N–H and O–H groups in total. The molecule has 0 aliphatic carbocycles. The molecule has 0 spiro atoms. The third-order valence-electron chi connectivity index (χ3n) is 3.02. The van der Waals surface area contributed by atoms with Crippen molar-refractivity contribution in [2.45, 2.75) is 19.4 Å². The standard InChI is InChI=1S/C16H17ClFN/c1-2-11-19-16(12-7-9-13(18)10-8-12)14-5-3-4-6-15(14)17/h3-10,16,19H,2,11H2,1H3. The monoisotopic (exact) mass is 277 g/mol. The van der Waals surface area contributed by atoms with Crippen molar-refractivity contribution in [1.82, 2.24) is 5.32 Å². The quantitative estimate of drug-likeness (QED) is 0.844. The molecular weight excluding hydrogens is 261 g/mol. The van der Waals surface area contributed by atoms with Crippen molar-refractivity contribution >= 4 is 11.6 Å². The molecule has 2 rings (SSSR count). The zero-order chi connectivity index (χ0) is 13.7. The average molecular weight is 278 g/mol. The maximum Gasteiger partial charge on any atom is 0.123 e. The van der Waals surface area contributed by atoms with Crippen molar-refractivity contribution in [1.29, 1.82) is 0 Å². The largest absolute Gasteiger partial charge is 0.306 e. The minimum Gasteiger partial charge on any atom is -0.306 e. The van der Waals surface area contributed by atoms with Crippen LogP contribution < -0.4 is 5.32 Å². The lowest BCUT2D eigenvalue weighted by atomic mass is 9.98. The lowest BCUT2D eigenvalue weighted by molar-refractivity contribution is 0.593. The first-order valence-electron chi connectivity index (χ1n) is 6.45. The molecular formula is C16H17ClFN. The molecule has 0 saturated heterocycles. The Morgan fingerprint density at radius 3 is 2.42 bits per heavy atom. The second-order valence-electron chi connectivity index (χ2n) is 4.46. The molecule has 0 aliphatic heterocycles. The Bertz CT molecular complexity index is 525. The van der Waals surface area contributed by atoms with Gasteiger partial charge in [-0.3, -0.25) is 0 Å². The summed E-state index contributed by atoms with van der Waals surface area (Å²) in [4.78, 5) is 0. The molecule has 1 nitrogen and oxygen atoms in total. The van der Waals surface area contributed by atoms with Gasteiger partial charge in [0, 0.05) is 5.02 Å². The zero-order valence-corrected chi connectivity index (χ0v) is 11.6. The van der Waals surface area contributed by atoms with Crippen molar-refractivity contribution in [2.24, 2.45) is 0 Å². The maximum absolute atomic E-state index is 13.0. The fourth-order valence-electron chi connectivity index (χ4n) is 2.06. The Balaban J connectivity index is 2.35. The fraction of sp³-hybridized carbons (Fsp3) is 0.250. The van der Waals surface area contributed by atoms with Crippen molar-refractivity contribution in [3.8, 4) is 0 Å². The lowest BCUT2D eigenvalue weighted by Crippen LogP contribution is -2.23. The number of nitrogens with one attached hydrogen (secondary N) is 1. The molecule has 0 heterocycles. The van der Waals surface area contributed by atoms with E-state index in [1.807, 2.05) is 24.3 Å². The van der Waals surface area contributed by atoms with E-state index >= 15 is 0 Å². The summed E-state index contributed by atoms with van der Waals surface area (Å²) < 4.78 is 13.0. The van der Waals surface area contributed by atoms with Gasteiger partial charge in [-0.05, 0) is 42.3 Å². The fourth-order valence-corrected chi connectivity index (χ4v) is 2.31. The van der Waals surface area contributed by atoms with Crippen LogP contribution in [0.25, 0.3) is 0 Å². The van der Waals surface area contributed by atoms with Gasteiger partial charge in [0.2, 0.25) is 0 Å². The molecule has 0 aliphatic rings. The van der Waals surface area contributed by atoms with E-state index < -0.39 is 0 Å². The van der Waals surface area contributed by atoms with Crippen molar-refractivity contribution in [3.63, 3.8) is 0 Å². The van der Waals surface area contributed by atoms with Gasteiger partial charge < -0.3 is 5.32 Å². The molecule has 2 aromatic rings. The Kier molecular flexibility index (Phi) is 4.94. The van der Waals surface area contributed by atoms with E-state index in [9.17, 15) is 4.39 Å². The Hall–Kier alpha value is -1.38. The maximum atomic E-state index is 13.0. The van der Waals surface area contributed by atoms with Gasteiger partial charge in [0.15, 0.2) is 0 Å². The summed E-state index contributed by atoms with van der Waals surface area (Å²) in [6, 6.07) is 14.3. The SMILES string of the molecule is CCCNC(c1ccc(F)cc1)c1ccccc1Cl. The molecule has 0 amide bonds. The highest BCUT2D eigenvalue weighted by molar-refractivity contribution is 6.31. The minimum atomic E-state index is -0.225. The molecule has 1 atom stereocenters. The first-order valence-corrected chi connectivity index (χ1v) is 6.83. The van der Waals surface area contributed by atoms with Crippen molar-refractivity contribution in [3.05, 3.63) is 70.5 Å². The van der Waals surface area contributed by atoms with Crippen molar-refractivity contribution < 1.29 is 4.39 Å². The summed E-state index contributed by atoms with van der Waals surface area (Å²) in [6.07, 6.45) is 1.03. The molecule has 2 aromatic carbocycles. The summed E-state index contributed by atoms with van der Waals surface area (Å²) in [5.74, 6) is -0.225. The molecule has 0 bridgehead atoms. The van der Waals surface area contributed by atoms with Crippen LogP contribution in [0.15, 0.2) is 48.5 Å². The van der Waals surface area contributed by atoms with Gasteiger partial charge in [-0.2, -0.15) is 0 Å². The average Bonchev–Trinajstić information content (AvgIpc) is 2.43. The van der Waals surface area contributed by atoms with E-state index in [0.717, 1.165) is 29.1 Å². The molecule has 19 heavy (non-hydrogen) atoms. The van der Waals surface area contributed by atoms with Gasteiger partial charge in [-0.15, -0.1) is 0 Å². The Morgan fingerprint density at radius 2 is 1.79 bits per heavy atom. The number of rotatable bonds is 5. The van der Waals surface area contributed by atoms with Crippen LogP contribution in [0, 0.1) is 5.82 Å². The smallest absolute Gasteiger partial charge is 0.123 e. The molecule has 3 heteroatoms. The van der Waals surface area contributed by atoms with E-state index in [4.69, 9.17) is 11.6 Å². The van der Waals surface area contributed by atoms with E-state index in [-0.39, 0.29) is 11.9 Å². The van der Waals surface area contributed by atoms with Gasteiger partial charge in [0.25, 0.3) is 0 Å². The van der Waals surface area contributed by atoms with Crippen LogP contribution in [0.3, 0.4) is 0 Å². The van der Waals surface area contributed by atoms with E-state index in [1.54, 1.807) is 12.1 Å². The summed E-state index contributed by atoms with van der Waals surface area (Å²) in [5.41, 5.74) is 2.03. The molecule has 1 unspecified atom stereocenters. The zero-order valence-electron chi connectivity index (χ0n) is 10.9. The summed E-state index contributed by atoms with van der Waals surface area (Å²) >= 11 is 6.27. The van der Waals surface area contributed by atoms with Crippen molar-refractivity contribution in [2.75, 3.05) is 6.54 Å². The predicted molar refractivity (Wildman–Crippen MR) is 78.0 cm³/mol. The summed E-state index contributed by atoms with van der Waals surface area (Å²) in [6.45, 7) is 2.99. The van der Waals surface area contributed by atoms with Gasteiger partial charge in [0.1, 0.15) is 5.82 Å². The molecule has 0 fully saturated rings. The van der Waals surface area contributed by atoms with Crippen LogP contribution in [0.5, 0.6) is 0 Å². The number of hydrogen-bond acceptors (Lipinski definition) is 1. The highest BCUT2D eigenvalue weighted by Gasteiger charge is 2.15. The topological polar surface area (TPSA) is 12.0 Å². The van der Waals surface area contributed by atoms with Crippen LogP contribution in [-0.4, -0.2) is 6.54 Å². The number of benzene rings is 2. The third-order valence-corrected chi connectivity index (χ3v) is 3.36. The summed E-state index contributed by atoms with van der Waals surface area (Å²) in [5, 5.41) is 4.18. The number of halogens is 2. The van der Waals surface area contributed by atoms with Crippen LogP contribution in [0.2, 0.25) is 5.02 Å². The second-order valence-corrected chi connectivity index (χ2v) is 4.87. The predicted octanol–water partition coefficient (Wildman–Crippen LogP) is 4.57. The van der Waals surface area contributed by atoms with Crippen LogP contribution in [0.4, 0.5) is 4.39 Å². The van der Waals surface area contributed by atoms with Gasteiger partial charge in [-0.25, -0.2) is 4.39 Å². The molecule has 0 saturated carbocycles. The highest BCUT2D eigenvalue weighted by Crippen LogP contribution is 2.28. The van der Waals surface area contributed by atoms with Crippen LogP contribution in [0.1, 0.15) is 30.5 Å². The summed E-state index contributed by atoms with van der Waals surface area (Å²) in [7, 11) is 0. The van der Waals surface area contributed by atoms with E-state index in [1.165, 1.54) is 12.1 Å². The minimum absolute atomic E-state index is 0.00532. The normalized spacial score (nSPS) is 12.4. The van der Waals surface area contributed by atoms with Crippen LogP contribution in [-0.2, 0) is 0 Å².